The molecule has 2 aliphatic heterocycles. The Morgan fingerprint density at radius 2 is 2.10 bits per heavy atom. The molecule has 0 unspecified atom stereocenters. The molecule has 0 aliphatic carbocycles. The van der Waals surface area contributed by atoms with E-state index in [4.69, 9.17) is 9.47 Å². The van der Waals surface area contributed by atoms with Gasteiger partial charge in [-0.15, -0.1) is 0 Å². The average molecular weight is 410 g/mol. The first-order valence-electron chi connectivity index (χ1n) is 9.61. The largest absolute Gasteiger partial charge is 0.490 e. The molecule has 0 saturated carbocycles. The van der Waals surface area contributed by atoms with Crippen molar-refractivity contribution in [2.45, 2.75) is 57.3 Å². The summed E-state index contributed by atoms with van der Waals surface area (Å²) in [6, 6.07) is 2.63. The van der Waals surface area contributed by atoms with Crippen LogP contribution in [0.2, 0.25) is 0 Å². The SMILES string of the molecule is CC(C)(C)OC(=O)N1CC[C@](O)(COc2ccc(F)c3c2CCC(=O)N3)[C@H](O)C1. The molecule has 2 heterocycles. The highest BCUT2D eigenvalue weighted by molar-refractivity contribution is 5.94. The van der Waals surface area contributed by atoms with Crippen LogP contribution in [0, 0.1) is 5.82 Å². The Labute approximate surface area is 168 Å². The number of amides is 2. The number of nitrogens with zero attached hydrogens (tertiary/aromatic N) is 1. The molecular weight excluding hydrogens is 383 g/mol. The molecule has 3 rings (SSSR count). The molecule has 1 fully saturated rings. The second-order valence-electron chi connectivity index (χ2n) is 8.53. The molecule has 1 aromatic carbocycles. The smallest absolute Gasteiger partial charge is 0.410 e. The van der Waals surface area contributed by atoms with E-state index < -0.39 is 29.2 Å². The highest BCUT2D eigenvalue weighted by atomic mass is 19.1. The van der Waals surface area contributed by atoms with Gasteiger partial charge in [-0.3, -0.25) is 4.79 Å². The predicted octanol–water partition coefficient (Wildman–Crippen LogP) is 1.82. The van der Waals surface area contributed by atoms with E-state index in [1.165, 1.54) is 17.0 Å². The van der Waals surface area contributed by atoms with Gasteiger partial charge in [0, 0.05) is 18.5 Å². The molecule has 0 aromatic heterocycles. The number of hydrogen-bond donors (Lipinski definition) is 3. The zero-order chi connectivity index (χ0) is 21.4. The van der Waals surface area contributed by atoms with Crippen LogP contribution >= 0.6 is 0 Å². The third-order valence-corrected chi connectivity index (χ3v) is 5.04. The first kappa shape index (κ1) is 21.3. The van der Waals surface area contributed by atoms with Gasteiger partial charge in [0.05, 0.1) is 12.2 Å². The lowest BCUT2D eigenvalue weighted by Crippen LogP contribution is -2.59. The van der Waals surface area contributed by atoms with Crippen molar-refractivity contribution < 1.29 is 33.7 Å². The number of likely N-dealkylation sites (tertiary alicyclic amines) is 1. The Kier molecular flexibility index (Phi) is 5.73. The van der Waals surface area contributed by atoms with Crippen molar-refractivity contribution in [3.63, 3.8) is 0 Å². The average Bonchev–Trinajstić information content (AvgIpc) is 2.62. The van der Waals surface area contributed by atoms with Gasteiger partial charge in [-0.1, -0.05) is 0 Å². The molecular formula is C20H27FN2O6. The Morgan fingerprint density at radius 1 is 1.38 bits per heavy atom. The summed E-state index contributed by atoms with van der Waals surface area (Å²) in [5.41, 5.74) is -1.62. The number of carbonyl (C=O) groups is 2. The quantitative estimate of drug-likeness (QED) is 0.702. The summed E-state index contributed by atoms with van der Waals surface area (Å²) in [4.78, 5) is 25.1. The molecule has 1 saturated heterocycles. The minimum absolute atomic E-state index is 0.0889. The monoisotopic (exact) mass is 410 g/mol. The third-order valence-electron chi connectivity index (χ3n) is 5.04. The number of hydrogen-bond acceptors (Lipinski definition) is 6. The molecule has 2 amide bonds. The Bertz CT molecular complexity index is 809. The summed E-state index contributed by atoms with van der Waals surface area (Å²) in [6.45, 7) is 5.13. The molecule has 29 heavy (non-hydrogen) atoms. The molecule has 0 bridgehead atoms. The van der Waals surface area contributed by atoms with Crippen LogP contribution in [0.5, 0.6) is 5.75 Å². The lowest BCUT2D eigenvalue weighted by molar-refractivity contribution is -0.135. The van der Waals surface area contributed by atoms with E-state index in [0.717, 1.165) is 0 Å². The van der Waals surface area contributed by atoms with Gasteiger partial charge in [0.25, 0.3) is 0 Å². The Morgan fingerprint density at radius 3 is 2.76 bits per heavy atom. The van der Waals surface area contributed by atoms with E-state index in [2.05, 4.69) is 5.32 Å². The predicted molar refractivity (Wildman–Crippen MR) is 102 cm³/mol. The first-order chi connectivity index (χ1) is 13.5. The van der Waals surface area contributed by atoms with Gasteiger partial charge in [0.15, 0.2) is 0 Å². The summed E-state index contributed by atoms with van der Waals surface area (Å²) < 4.78 is 25.0. The molecule has 0 spiro atoms. The van der Waals surface area contributed by atoms with Crippen LogP contribution in [-0.2, 0) is 16.0 Å². The maximum absolute atomic E-state index is 14.0. The van der Waals surface area contributed by atoms with Gasteiger partial charge in [-0.25, -0.2) is 9.18 Å². The number of carbonyl (C=O) groups excluding carboxylic acids is 2. The maximum atomic E-state index is 14.0. The highest BCUT2D eigenvalue weighted by Crippen LogP contribution is 2.34. The highest BCUT2D eigenvalue weighted by Gasteiger charge is 2.43. The summed E-state index contributed by atoms with van der Waals surface area (Å²) in [7, 11) is 0. The standard InChI is InChI=1S/C20H27FN2O6/c1-19(2,3)29-18(26)23-9-8-20(27,15(24)10-23)11-28-14-6-5-13(21)17-12(14)4-7-16(25)22-17/h5-6,15,24,27H,4,7-11H2,1-3H3,(H,22,25)/t15-,20+/m1/s1. The normalized spacial score (nSPS) is 24.6. The number of piperidine rings is 1. The number of anilines is 1. The zero-order valence-corrected chi connectivity index (χ0v) is 16.8. The lowest BCUT2D eigenvalue weighted by atomic mass is 9.89. The van der Waals surface area contributed by atoms with Crippen molar-refractivity contribution in [3.8, 4) is 5.75 Å². The van der Waals surface area contributed by atoms with E-state index in [0.29, 0.717) is 17.7 Å². The summed E-state index contributed by atoms with van der Waals surface area (Å²) in [5, 5.41) is 23.8. The molecule has 2 aliphatic rings. The molecule has 160 valence electrons. The van der Waals surface area contributed by atoms with Gasteiger partial charge >= 0.3 is 6.09 Å². The number of nitrogens with one attached hydrogen (secondary N) is 1. The van der Waals surface area contributed by atoms with E-state index in [-0.39, 0.29) is 44.1 Å². The molecule has 8 nitrogen and oxygen atoms in total. The molecule has 9 heteroatoms. The van der Waals surface area contributed by atoms with Crippen molar-refractivity contribution in [2.75, 3.05) is 25.0 Å². The molecule has 2 atom stereocenters. The number of aliphatic hydroxyl groups excluding tert-OH is 1. The topological polar surface area (TPSA) is 108 Å². The number of rotatable bonds is 3. The lowest BCUT2D eigenvalue weighted by Gasteiger charge is -2.42. The van der Waals surface area contributed by atoms with Crippen LogP contribution < -0.4 is 10.1 Å². The number of aliphatic hydroxyl groups is 2. The number of benzene rings is 1. The van der Waals surface area contributed by atoms with Crippen molar-refractivity contribution in [3.05, 3.63) is 23.5 Å². The second-order valence-corrected chi connectivity index (χ2v) is 8.53. The Balaban J connectivity index is 1.65. The third kappa shape index (κ3) is 4.79. The van der Waals surface area contributed by atoms with Crippen molar-refractivity contribution >= 4 is 17.7 Å². The number of halogens is 1. The molecule has 0 radical (unpaired) electrons. The minimum atomic E-state index is -1.57. The fourth-order valence-electron chi connectivity index (χ4n) is 3.39. The van der Waals surface area contributed by atoms with E-state index >= 15 is 0 Å². The van der Waals surface area contributed by atoms with Crippen LogP contribution in [0.15, 0.2) is 12.1 Å². The first-order valence-corrected chi connectivity index (χ1v) is 9.61. The Hall–Kier alpha value is -2.39. The van der Waals surface area contributed by atoms with Gasteiger partial charge in [-0.2, -0.15) is 0 Å². The van der Waals surface area contributed by atoms with Crippen molar-refractivity contribution in [1.29, 1.82) is 0 Å². The van der Waals surface area contributed by atoms with Crippen LogP contribution in [-0.4, -0.2) is 64.1 Å². The van der Waals surface area contributed by atoms with Gasteiger partial charge in [0.1, 0.15) is 35.5 Å². The maximum Gasteiger partial charge on any atom is 0.410 e. The summed E-state index contributed by atoms with van der Waals surface area (Å²) in [5.74, 6) is -0.474. The van der Waals surface area contributed by atoms with Gasteiger partial charge < -0.3 is 29.9 Å². The summed E-state index contributed by atoms with van der Waals surface area (Å²) >= 11 is 0. The zero-order valence-electron chi connectivity index (χ0n) is 16.8. The van der Waals surface area contributed by atoms with Crippen molar-refractivity contribution in [1.82, 2.24) is 4.90 Å². The van der Waals surface area contributed by atoms with E-state index in [9.17, 15) is 24.2 Å². The van der Waals surface area contributed by atoms with E-state index in [1.54, 1.807) is 20.8 Å². The fourth-order valence-corrected chi connectivity index (χ4v) is 3.39. The molecule has 3 N–H and O–H groups in total. The number of β-amino-alcohol motifs (C(OH)–C–C–N with tert-alkyl or cyclic N) is 1. The van der Waals surface area contributed by atoms with E-state index in [1.807, 2.05) is 0 Å². The van der Waals surface area contributed by atoms with Crippen LogP contribution in [0.4, 0.5) is 14.9 Å². The van der Waals surface area contributed by atoms with Crippen LogP contribution in [0.1, 0.15) is 39.2 Å². The number of ether oxygens (including phenoxy) is 2. The van der Waals surface area contributed by atoms with Crippen LogP contribution in [0.3, 0.4) is 0 Å². The summed E-state index contributed by atoms with van der Waals surface area (Å²) in [6.07, 6.45) is -1.16. The van der Waals surface area contributed by atoms with Crippen molar-refractivity contribution in [2.24, 2.45) is 0 Å². The fraction of sp³-hybridized carbons (Fsp3) is 0.600. The van der Waals surface area contributed by atoms with Crippen LogP contribution in [0.25, 0.3) is 0 Å². The second kappa shape index (κ2) is 7.79. The number of fused-ring (bicyclic) bond motifs is 1. The van der Waals surface area contributed by atoms with Gasteiger partial charge in [-0.05, 0) is 45.7 Å². The van der Waals surface area contributed by atoms with Gasteiger partial charge in [0.2, 0.25) is 5.91 Å². The minimum Gasteiger partial charge on any atom is -0.490 e. The molecule has 1 aromatic rings.